The molecular weight excluding hydrogens is 462 g/mol. The Hall–Kier alpha value is -4.11. The maximum Gasteiger partial charge on any atom is 0.179 e. The average Bonchev–Trinajstić information content (AvgIpc) is 3.23. The summed E-state index contributed by atoms with van der Waals surface area (Å²) in [6.07, 6.45) is 10.9. The number of aromatic nitrogens is 3. The standard InChI is InChI=1S/C35H35N3/c1-4-35(5-2)32-21-30(29-16-18-37(19-17-29)23-27-12-8-6-9-13-27)22-36-34(32)31-20-26(3)38(25-33(31)35)24-28-14-10-7-11-15-28/h6-22,25H,4-5,23-24H2,1-3H3/q+2. The quantitative estimate of drug-likeness (QED) is 0.226. The minimum Gasteiger partial charge on any atom is -0.255 e. The normalized spacial score (nSPS) is 13.2. The van der Waals surface area contributed by atoms with Crippen LogP contribution >= 0.6 is 0 Å². The van der Waals surface area contributed by atoms with Crippen molar-refractivity contribution < 1.29 is 9.13 Å². The Morgan fingerprint density at radius 3 is 1.97 bits per heavy atom. The molecule has 0 unspecified atom stereocenters. The van der Waals surface area contributed by atoms with E-state index in [4.69, 9.17) is 4.98 Å². The van der Waals surface area contributed by atoms with Crippen LogP contribution in [0.2, 0.25) is 0 Å². The molecule has 1 aliphatic rings. The Morgan fingerprint density at radius 1 is 0.711 bits per heavy atom. The SMILES string of the molecule is CCC1(CC)c2c[n+](Cc3ccccc3)c(C)cc2-c2ncc(-c3cc[n+](Cc4ccccc4)cc3)cc21. The molecule has 2 aromatic carbocycles. The first-order valence-electron chi connectivity index (χ1n) is 13.7. The molecule has 0 radical (unpaired) electrons. The molecule has 0 spiro atoms. The van der Waals surface area contributed by atoms with Gasteiger partial charge in [0.05, 0.1) is 5.69 Å². The Morgan fingerprint density at radius 2 is 1.34 bits per heavy atom. The van der Waals surface area contributed by atoms with Gasteiger partial charge >= 0.3 is 0 Å². The van der Waals surface area contributed by atoms with Crippen LogP contribution < -0.4 is 9.13 Å². The number of hydrogen-bond acceptors (Lipinski definition) is 1. The fourth-order valence-corrected chi connectivity index (χ4v) is 6.13. The van der Waals surface area contributed by atoms with Gasteiger partial charge in [-0.25, -0.2) is 4.57 Å². The number of fused-ring (bicyclic) bond motifs is 3. The first kappa shape index (κ1) is 24.2. The smallest absolute Gasteiger partial charge is 0.179 e. The van der Waals surface area contributed by atoms with E-state index in [0.717, 1.165) is 31.6 Å². The van der Waals surface area contributed by atoms with Crippen molar-refractivity contribution in [2.24, 2.45) is 0 Å². The average molecular weight is 498 g/mol. The van der Waals surface area contributed by atoms with Gasteiger partial charge in [-0.05, 0) is 30.0 Å². The minimum absolute atomic E-state index is 0.0260. The lowest BCUT2D eigenvalue weighted by atomic mass is 9.74. The fourth-order valence-electron chi connectivity index (χ4n) is 6.13. The molecular formula is C35H35N3+2. The van der Waals surface area contributed by atoms with E-state index in [2.05, 4.69) is 140 Å². The summed E-state index contributed by atoms with van der Waals surface area (Å²) in [4.78, 5) is 5.10. The van der Waals surface area contributed by atoms with Crippen molar-refractivity contribution in [3.8, 4) is 22.4 Å². The van der Waals surface area contributed by atoms with Gasteiger partial charge in [0.1, 0.15) is 0 Å². The van der Waals surface area contributed by atoms with E-state index in [1.807, 2.05) is 0 Å². The zero-order chi connectivity index (χ0) is 26.1. The van der Waals surface area contributed by atoms with E-state index < -0.39 is 0 Å². The van der Waals surface area contributed by atoms with Gasteiger partial charge in [-0.1, -0.05) is 74.5 Å². The predicted molar refractivity (Wildman–Crippen MR) is 153 cm³/mol. The summed E-state index contributed by atoms with van der Waals surface area (Å²) in [6.45, 7) is 8.61. The summed E-state index contributed by atoms with van der Waals surface area (Å²) in [5.41, 5.74) is 11.5. The van der Waals surface area contributed by atoms with Crippen molar-refractivity contribution in [1.29, 1.82) is 0 Å². The van der Waals surface area contributed by atoms with Crippen molar-refractivity contribution in [3.63, 3.8) is 0 Å². The summed E-state index contributed by atoms with van der Waals surface area (Å²) in [5.74, 6) is 0. The van der Waals surface area contributed by atoms with Gasteiger partial charge in [-0.3, -0.25) is 4.98 Å². The Balaban J connectivity index is 1.36. The number of aryl methyl sites for hydroxylation is 1. The third-order valence-corrected chi connectivity index (χ3v) is 8.39. The second-order valence-corrected chi connectivity index (χ2v) is 10.5. The van der Waals surface area contributed by atoms with Crippen molar-refractivity contribution in [1.82, 2.24) is 4.98 Å². The van der Waals surface area contributed by atoms with E-state index >= 15 is 0 Å². The lowest BCUT2D eigenvalue weighted by molar-refractivity contribution is -0.694. The largest absolute Gasteiger partial charge is 0.255 e. The first-order chi connectivity index (χ1) is 18.6. The van der Waals surface area contributed by atoms with Gasteiger partial charge in [-0.2, -0.15) is 4.57 Å². The molecule has 0 saturated carbocycles. The predicted octanol–water partition coefficient (Wildman–Crippen LogP) is 6.82. The minimum atomic E-state index is -0.0260. The lowest BCUT2D eigenvalue weighted by Crippen LogP contribution is -2.39. The monoisotopic (exact) mass is 497 g/mol. The van der Waals surface area contributed by atoms with Crippen LogP contribution in [0, 0.1) is 6.92 Å². The second kappa shape index (κ2) is 9.98. The summed E-state index contributed by atoms with van der Waals surface area (Å²) in [6, 6.07) is 30.5. The van der Waals surface area contributed by atoms with E-state index in [9.17, 15) is 0 Å². The van der Waals surface area contributed by atoms with Gasteiger partial charge in [0.15, 0.2) is 37.4 Å². The van der Waals surface area contributed by atoms with Crippen LogP contribution in [0.15, 0.2) is 110 Å². The third-order valence-electron chi connectivity index (χ3n) is 8.39. The van der Waals surface area contributed by atoms with E-state index in [0.29, 0.717) is 0 Å². The van der Waals surface area contributed by atoms with Crippen LogP contribution in [0.1, 0.15) is 54.6 Å². The molecule has 0 N–H and O–H groups in total. The molecule has 1 aliphatic carbocycles. The van der Waals surface area contributed by atoms with Crippen molar-refractivity contribution in [2.45, 2.75) is 52.1 Å². The molecule has 38 heavy (non-hydrogen) atoms. The maximum absolute atomic E-state index is 5.10. The zero-order valence-electron chi connectivity index (χ0n) is 22.6. The molecule has 3 heterocycles. The summed E-state index contributed by atoms with van der Waals surface area (Å²) in [7, 11) is 0. The highest BCUT2D eigenvalue weighted by Crippen LogP contribution is 2.52. The molecule has 0 bridgehead atoms. The molecule has 3 aromatic heterocycles. The maximum atomic E-state index is 5.10. The van der Waals surface area contributed by atoms with E-state index in [1.165, 1.54) is 44.6 Å². The molecule has 0 amide bonds. The van der Waals surface area contributed by atoms with E-state index in [1.54, 1.807) is 0 Å². The van der Waals surface area contributed by atoms with Crippen molar-refractivity contribution >= 4 is 0 Å². The fraction of sp³-hybridized carbons (Fsp3) is 0.229. The molecule has 0 saturated heterocycles. The Kier molecular flexibility index (Phi) is 6.37. The van der Waals surface area contributed by atoms with Crippen LogP contribution in [0.25, 0.3) is 22.4 Å². The van der Waals surface area contributed by atoms with Crippen LogP contribution in [0.4, 0.5) is 0 Å². The second-order valence-electron chi connectivity index (χ2n) is 10.5. The number of hydrogen-bond donors (Lipinski definition) is 0. The van der Waals surface area contributed by atoms with Gasteiger partial charge in [0.25, 0.3) is 0 Å². The molecule has 3 heteroatoms. The van der Waals surface area contributed by atoms with Crippen LogP contribution in [0.3, 0.4) is 0 Å². The topological polar surface area (TPSA) is 20.6 Å². The number of nitrogens with zero attached hydrogens (tertiary/aromatic N) is 3. The van der Waals surface area contributed by atoms with E-state index in [-0.39, 0.29) is 5.41 Å². The number of pyridine rings is 3. The molecule has 6 rings (SSSR count). The number of rotatable bonds is 7. The van der Waals surface area contributed by atoms with Crippen molar-refractivity contribution in [3.05, 3.63) is 138 Å². The van der Waals surface area contributed by atoms with Crippen LogP contribution in [0.5, 0.6) is 0 Å². The Labute approximate surface area is 226 Å². The number of benzene rings is 2. The van der Waals surface area contributed by atoms with Gasteiger partial charge in [0.2, 0.25) is 0 Å². The first-order valence-corrected chi connectivity index (χ1v) is 13.7. The third kappa shape index (κ3) is 4.22. The molecule has 0 fully saturated rings. The van der Waals surface area contributed by atoms with Gasteiger partial charge in [0, 0.05) is 64.6 Å². The molecule has 188 valence electrons. The van der Waals surface area contributed by atoms with Gasteiger partial charge < -0.3 is 0 Å². The zero-order valence-corrected chi connectivity index (χ0v) is 22.6. The molecule has 5 aromatic rings. The van der Waals surface area contributed by atoms with Crippen LogP contribution in [-0.4, -0.2) is 4.98 Å². The highest BCUT2D eigenvalue weighted by molar-refractivity contribution is 5.80. The lowest BCUT2D eigenvalue weighted by Gasteiger charge is -2.28. The van der Waals surface area contributed by atoms with Crippen molar-refractivity contribution in [2.75, 3.05) is 0 Å². The summed E-state index contributed by atoms with van der Waals surface area (Å²) in [5, 5.41) is 0. The summed E-state index contributed by atoms with van der Waals surface area (Å²) >= 11 is 0. The Bertz CT molecular complexity index is 1570. The molecule has 0 aliphatic heterocycles. The van der Waals surface area contributed by atoms with Gasteiger partial charge in [-0.15, -0.1) is 0 Å². The highest BCUT2D eigenvalue weighted by Gasteiger charge is 2.44. The summed E-state index contributed by atoms with van der Waals surface area (Å²) < 4.78 is 4.63. The molecule has 0 atom stereocenters. The highest BCUT2D eigenvalue weighted by atomic mass is 15.0. The van der Waals surface area contributed by atoms with Crippen LogP contribution in [-0.2, 0) is 18.5 Å². The molecule has 3 nitrogen and oxygen atoms in total.